The van der Waals surface area contributed by atoms with Crippen LogP contribution in [0.3, 0.4) is 0 Å². The predicted molar refractivity (Wildman–Crippen MR) is 53.7 cm³/mol. The lowest BCUT2D eigenvalue weighted by molar-refractivity contribution is -0.137. The maximum Gasteiger partial charge on any atom is 0.379 e. The van der Waals surface area contributed by atoms with E-state index in [0.717, 1.165) is 0 Å². The molecule has 84 valence electrons. The van der Waals surface area contributed by atoms with Crippen molar-refractivity contribution in [2.75, 3.05) is 6.61 Å². The van der Waals surface area contributed by atoms with E-state index in [1.807, 2.05) is 6.07 Å². The van der Waals surface area contributed by atoms with Crippen molar-refractivity contribution >= 4 is 11.8 Å². The molecule has 5 heteroatoms. The smallest absolute Gasteiger partial charge is 0.379 e. The zero-order valence-corrected chi connectivity index (χ0v) is 9.07. The van der Waals surface area contributed by atoms with Crippen LogP contribution < -0.4 is 0 Å². The molecule has 0 aromatic carbocycles. The molecule has 0 aliphatic heterocycles. The number of hydrogen-bond donors (Lipinski definition) is 0. The van der Waals surface area contributed by atoms with E-state index in [9.17, 15) is 9.59 Å². The molecule has 0 unspecified atom stereocenters. The fraction of sp³-hybridized carbons (Fsp3) is 0.364. The largest absolute Gasteiger partial charge is 0.466 e. The van der Waals surface area contributed by atoms with Gasteiger partial charge in [0.15, 0.2) is 0 Å². The summed E-state index contributed by atoms with van der Waals surface area (Å²) in [5.41, 5.74) is 0.208. The molecule has 16 heavy (non-hydrogen) atoms. The van der Waals surface area contributed by atoms with Crippen LogP contribution >= 0.6 is 0 Å². The number of ketones is 1. The van der Waals surface area contributed by atoms with Gasteiger partial charge in [-0.1, -0.05) is 0 Å². The molecule has 1 rings (SSSR count). The third-order valence-corrected chi connectivity index (χ3v) is 1.92. The van der Waals surface area contributed by atoms with Crippen molar-refractivity contribution in [1.29, 1.82) is 5.26 Å². The van der Waals surface area contributed by atoms with Crippen molar-refractivity contribution in [3.8, 4) is 6.07 Å². The summed E-state index contributed by atoms with van der Waals surface area (Å²) in [7, 11) is 0. The summed E-state index contributed by atoms with van der Waals surface area (Å²) in [6, 6.07) is 3.30. The summed E-state index contributed by atoms with van der Waals surface area (Å²) < 4.78 is 9.74. The Bertz CT molecular complexity index is 453. The Balaban J connectivity index is 2.68. The van der Waals surface area contributed by atoms with Crippen LogP contribution in [0.15, 0.2) is 10.5 Å². The van der Waals surface area contributed by atoms with Crippen LogP contribution in [-0.2, 0) is 9.53 Å². The normalized spacial score (nSPS) is 9.56. The zero-order valence-electron chi connectivity index (χ0n) is 9.07. The second-order valence-electron chi connectivity index (χ2n) is 3.20. The topological polar surface area (TPSA) is 80.3 Å². The highest BCUT2D eigenvalue weighted by Crippen LogP contribution is 2.14. The summed E-state index contributed by atoms with van der Waals surface area (Å²) in [5.74, 6) is -0.753. The van der Waals surface area contributed by atoms with Gasteiger partial charge >= 0.3 is 5.97 Å². The van der Waals surface area contributed by atoms with Gasteiger partial charge in [-0.15, -0.1) is 0 Å². The van der Waals surface area contributed by atoms with Crippen molar-refractivity contribution in [2.45, 2.75) is 20.3 Å². The molecular weight excluding hydrogens is 210 g/mol. The first-order valence-corrected chi connectivity index (χ1v) is 4.71. The number of nitrogens with zero attached hydrogens (tertiary/aromatic N) is 1. The number of aryl methyl sites for hydroxylation is 2. The molecule has 0 amide bonds. The summed E-state index contributed by atoms with van der Waals surface area (Å²) >= 11 is 0. The van der Waals surface area contributed by atoms with Crippen molar-refractivity contribution in [2.24, 2.45) is 0 Å². The molecule has 0 aliphatic rings. The minimum atomic E-state index is -0.959. The molecule has 1 aromatic heterocycles. The number of carbonyl (C=O) groups is 2. The van der Waals surface area contributed by atoms with E-state index in [4.69, 9.17) is 9.68 Å². The second-order valence-corrected chi connectivity index (χ2v) is 3.20. The van der Waals surface area contributed by atoms with Gasteiger partial charge < -0.3 is 9.15 Å². The van der Waals surface area contributed by atoms with E-state index < -0.39 is 11.8 Å². The molecular formula is C11H11NO4. The van der Waals surface area contributed by atoms with Gasteiger partial charge in [-0.2, -0.15) is 5.26 Å². The third-order valence-electron chi connectivity index (χ3n) is 1.92. The van der Waals surface area contributed by atoms with Gasteiger partial charge in [0.2, 0.25) is 0 Å². The van der Waals surface area contributed by atoms with Gasteiger partial charge in [0.05, 0.1) is 18.1 Å². The van der Waals surface area contributed by atoms with Gasteiger partial charge in [-0.05, 0) is 19.9 Å². The van der Waals surface area contributed by atoms with E-state index in [-0.39, 0.29) is 18.6 Å². The first kappa shape index (κ1) is 12.0. The lowest BCUT2D eigenvalue weighted by Crippen LogP contribution is -2.18. The first-order valence-electron chi connectivity index (χ1n) is 4.71. The molecule has 0 saturated carbocycles. The lowest BCUT2D eigenvalue weighted by atomic mass is 10.1. The van der Waals surface area contributed by atoms with E-state index in [2.05, 4.69) is 4.74 Å². The maximum atomic E-state index is 11.6. The molecule has 0 bridgehead atoms. The number of nitriles is 1. The minimum absolute atomic E-state index is 0.0718. The molecule has 1 aromatic rings. The summed E-state index contributed by atoms with van der Waals surface area (Å²) in [6.07, 6.45) is 0.0718. The van der Waals surface area contributed by atoms with Crippen LogP contribution in [0.25, 0.3) is 0 Å². The fourth-order valence-electron chi connectivity index (χ4n) is 1.22. The number of furan rings is 1. The molecule has 0 N–H and O–H groups in total. The average Bonchev–Trinajstić information content (AvgIpc) is 2.57. The second kappa shape index (κ2) is 5.12. The summed E-state index contributed by atoms with van der Waals surface area (Å²) in [6.45, 7) is 3.21. The van der Waals surface area contributed by atoms with Gasteiger partial charge in [-0.25, -0.2) is 4.79 Å². The molecule has 0 spiro atoms. The summed E-state index contributed by atoms with van der Waals surface area (Å²) in [5, 5.41) is 8.24. The van der Waals surface area contributed by atoms with Gasteiger partial charge in [-0.3, -0.25) is 4.79 Å². The van der Waals surface area contributed by atoms with Gasteiger partial charge in [0, 0.05) is 0 Å². The Morgan fingerprint density at radius 1 is 1.50 bits per heavy atom. The number of hydrogen-bond acceptors (Lipinski definition) is 5. The average molecular weight is 221 g/mol. The SMILES string of the molecule is Cc1cc(C(=O)C(=O)OCCC#N)c(C)o1. The fourth-order valence-corrected chi connectivity index (χ4v) is 1.22. The Kier molecular flexibility index (Phi) is 3.84. The Labute approximate surface area is 92.6 Å². The van der Waals surface area contributed by atoms with Crippen LogP contribution in [-0.4, -0.2) is 18.4 Å². The molecule has 0 saturated heterocycles. The van der Waals surface area contributed by atoms with Crippen LogP contribution in [0.2, 0.25) is 0 Å². The van der Waals surface area contributed by atoms with Crippen LogP contribution in [0, 0.1) is 25.2 Å². The zero-order chi connectivity index (χ0) is 12.1. The number of rotatable bonds is 4. The highest BCUT2D eigenvalue weighted by Gasteiger charge is 2.22. The number of Topliss-reactive ketones (excluding diaryl/α,β-unsaturated/α-hetero) is 1. The lowest BCUT2D eigenvalue weighted by Gasteiger charge is -1.99. The van der Waals surface area contributed by atoms with Gasteiger partial charge in [0.1, 0.15) is 18.1 Å². The third kappa shape index (κ3) is 2.70. The predicted octanol–water partition coefficient (Wildman–Crippen LogP) is 1.54. The Morgan fingerprint density at radius 3 is 2.69 bits per heavy atom. The molecule has 0 fully saturated rings. The monoisotopic (exact) mass is 221 g/mol. The highest BCUT2D eigenvalue weighted by molar-refractivity contribution is 6.40. The van der Waals surface area contributed by atoms with E-state index in [0.29, 0.717) is 11.5 Å². The minimum Gasteiger partial charge on any atom is -0.466 e. The van der Waals surface area contributed by atoms with Crippen LogP contribution in [0.4, 0.5) is 0 Å². The standard InChI is InChI=1S/C11H11NO4/c1-7-6-9(8(2)16-7)10(13)11(14)15-5-3-4-12/h6H,3,5H2,1-2H3. The molecule has 0 aliphatic carbocycles. The Morgan fingerprint density at radius 2 is 2.19 bits per heavy atom. The van der Waals surface area contributed by atoms with Gasteiger partial charge in [0.25, 0.3) is 5.78 Å². The summed E-state index contributed by atoms with van der Waals surface area (Å²) in [4.78, 5) is 22.8. The molecule has 0 atom stereocenters. The number of ether oxygens (including phenoxy) is 1. The number of esters is 1. The Hall–Kier alpha value is -2.09. The molecule has 0 radical (unpaired) electrons. The maximum absolute atomic E-state index is 11.6. The van der Waals surface area contributed by atoms with Crippen molar-refractivity contribution in [1.82, 2.24) is 0 Å². The molecule has 1 heterocycles. The number of carbonyl (C=O) groups excluding carboxylic acids is 2. The highest BCUT2D eigenvalue weighted by atomic mass is 16.5. The van der Waals surface area contributed by atoms with Crippen molar-refractivity contribution < 1.29 is 18.7 Å². The molecule has 5 nitrogen and oxygen atoms in total. The first-order chi connectivity index (χ1) is 7.56. The van der Waals surface area contributed by atoms with E-state index in [1.54, 1.807) is 13.8 Å². The quantitative estimate of drug-likeness (QED) is 0.333. The van der Waals surface area contributed by atoms with Crippen LogP contribution in [0.5, 0.6) is 0 Å². The van der Waals surface area contributed by atoms with E-state index in [1.165, 1.54) is 6.07 Å². The van der Waals surface area contributed by atoms with Crippen molar-refractivity contribution in [3.63, 3.8) is 0 Å². The van der Waals surface area contributed by atoms with Crippen LogP contribution in [0.1, 0.15) is 28.3 Å². The van der Waals surface area contributed by atoms with E-state index >= 15 is 0 Å². The van der Waals surface area contributed by atoms with Crippen molar-refractivity contribution in [3.05, 3.63) is 23.2 Å².